The Balaban J connectivity index is 1.96. The SMILES string of the molecule is Cc1cccnc1CNC(=O)Cc1cc(F)ccc1Br. The summed E-state index contributed by atoms with van der Waals surface area (Å²) in [6.45, 7) is 2.32. The molecule has 2 aromatic rings. The van der Waals surface area contributed by atoms with Gasteiger partial charge in [0.05, 0.1) is 18.7 Å². The van der Waals surface area contributed by atoms with Gasteiger partial charge < -0.3 is 5.32 Å². The molecule has 2 rings (SSSR count). The van der Waals surface area contributed by atoms with Gasteiger partial charge in [0.15, 0.2) is 0 Å². The molecule has 0 aliphatic rings. The molecule has 0 atom stereocenters. The van der Waals surface area contributed by atoms with Crippen molar-refractivity contribution in [1.29, 1.82) is 0 Å². The average molecular weight is 337 g/mol. The summed E-state index contributed by atoms with van der Waals surface area (Å²) in [5.41, 5.74) is 2.49. The van der Waals surface area contributed by atoms with Crippen LogP contribution in [0.4, 0.5) is 4.39 Å². The number of nitrogens with zero attached hydrogens (tertiary/aromatic N) is 1. The Morgan fingerprint density at radius 1 is 1.40 bits per heavy atom. The van der Waals surface area contributed by atoms with Crippen molar-refractivity contribution in [3.8, 4) is 0 Å². The lowest BCUT2D eigenvalue weighted by atomic mass is 10.1. The third-order valence-corrected chi connectivity index (χ3v) is 3.70. The number of pyridine rings is 1. The van der Waals surface area contributed by atoms with Gasteiger partial charge in [0.1, 0.15) is 5.82 Å². The second-order valence-corrected chi connectivity index (χ2v) is 5.31. The van der Waals surface area contributed by atoms with Crippen molar-refractivity contribution in [2.75, 3.05) is 0 Å². The van der Waals surface area contributed by atoms with E-state index in [1.54, 1.807) is 12.3 Å². The molecule has 0 saturated carbocycles. The third kappa shape index (κ3) is 3.87. The first-order valence-corrected chi connectivity index (χ1v) is 6.96. The lowest BCUT2D eigenvalue weighted by Crippen LogP contribution is -2.25. The molecule has 0 unspecified atom stereocenters. The van der Waals surface area contributed by atoms with E-state index in [2.05, 4.69) is 26.2 Å². The molecule has 0 fully saturated rings. The first-order chi connectivity index (χ1) is 9.56. The van der Waals surface area contributed by atoms with Crippen LogP contribution in [0.15, 0.2) is 41.0 Å². The van der Waals surface area contributed by atoms with Gasteiger partial charge in [-0.05, 0) is 42.3 Å². The molecule has 20 heavy (non-hydrogen) atoms. The van der Waals surface area contributed by atoms with E-state index in [-0.39, 0.29) is 18.1 Å². The number of rotatable bonds is 4. The molecule has 0 aliphatic carbocycles. The second-order valence-electron chi connectivity index (χ2n) is 4.46. The summed E-state index contributed by atoms with van der Waals surface area (Å²) < 4.78 is 13.9. The number of carbonyl (C=O) groups excluding carboxylic acids is 1. The highest BCUT2D eigenvalue weighted by Crippen LogP contribution is 2.18. The van der Waals surface area contributed by atoms with Crippen molar-refractivity contribution in [2.24, 2.45) is 0 Å². The minimum absolute atomic E-state index is 0.129. The van der Waals surface area contributed by atoms with Gasteiger partial charge >= 0.3 is 0 Å². The van der Waals surface area contributed by atoms with E-state index in [4.69, 9.17) is 0 Å². The van der Waals surface area contributed by atoms with Crippen molar-refractivity contribution in [2.45, 2.75) is 19.9 Å². The monoisotopic (exact) mass is 336 g/mol. The standard InChI is InChI=1S/C15H14BrFN2O/c1-10-3-2-6-18-14(10)9-19-15(20)8-11-7-12(17)4-5-13(11)16/h2-7H,8-9H2,1H3,(H,19,20). The van der Waals surface area contributed by atoms with Gasteiger partial charge in [-0.25, -0.2) is 4.39 Å². The number of aromatic nitrogens is 1. The molecule has 104 valence electrons. The smallest absolute Gasteiger partial charge is 0.224 e. The number of nitrogens with one attached hydrogen (secondary N) is 1. The molecule has 0 radical (unpaired) electrons. The van der Waals surface area contributed by atoms with E-state index in [0.29, 0.717) is 12.1 Å². The first-order valence-electron chi connectivity index (χ1n) is 6.17. The number of aryl methyl sites for hydroxylation is 1. The van der Waals surface area contributed by atoms with Crippen molar-refractivity contribution in [3.05, 3.63) is 63.6 Å². The minimum Gasteiger partial charge on any atom is -0.350 e. The molecule has 0 bridgehead atoms. The minimum atomic E-state index is -0.350. The van der Waals surface area contributed by atoms with E-state index in [9.17, 15) is 9.18 Å². The van der Waals surface area contributed by atoms with Crippen molar-refractivity contribution < 1.29 is 9.18 Å². The number of amides is 1. The van der Waals surface area contributed by atoms with Gasteiger partial charge in [0, 0.05) is 10.7 Å². The molecule has 1 amide bonds. The van der Waals surface area contributed by atoms with E-state index in [1.807, 2.05) is 19.1 Å². The maximum Gasteiger partial charge on any atom is 0.224 e. The molecule has 1 aromatic carbocycles. The fourth-order valence-corrected chi connectivity index (χ4v) is 2.19. The van der Waals surface area contributed by atoms with Gasteiger partial charge in [0.2, 0.25) is 5.91 Å². The van der Waals surface area contributed by atoms with Gasteiger partial charge in [0.25, 0.3) is 0 Å². The van der Waals surface area contributed by atoms with Gasteiger partial charge in [-0.2, -0.15) is 0 Å². The number of hydrogen-bond donors (Lipinski definition) is 1. The van der Waals surface area contributed by atoms with Crippen LogP contribution in [-0.2, 0) is 17.8 Å². The normalized spacial score (nSPS) is 10.3. The predicted molar refractivity (Wildman–Crippen MR) is 78.6 cm³/mol. The highest BCUT2D eigenvalue weighted by molar-refractivity contribution is 9.10. The van der Waals surface area contributed by atoms with E-state index in [1.165, 1.54) is 12.1 Å². The summed E-state index contributed by atoms with van der Waals surface area (Å²) in [7, 11) is 0. The van der Waals surface area contributed by atoms with E-state index >= 15 is 0 Å². The molecule has 1 heterocycles. The molecule has 0 aliphatic heterocycles. The van der Waals surface area contributed by atoms with Crippen molar-refractivity contribution >= 4 is 21.8 Å². The summed E-state index contributed by atoms with van der Waals surface area (Å²) in [5.74, 6) is -0.516. The van der Waals surface area contributed by atoms with Gasteiger partial charge in [-0.3, -0.25) is 9.78 Å². The largest absolute Gasteiger partial charge is 0.350 e. The van der Waals surface area contributed by atoms with Gasteiger partial charge in [-0.15, -0.1) is 0 Å². The number of halogens is 2. The zero-order valence-electron chi connectivity index (χ0n) is 11.0. The number of hydrogen-bond acceptors (Lipinski definition) is 2. The van der Waals surface area contributed by atoms with Crippen LogP contribution < -0.4 is 5.32 Å². The zero-order chi connectivity index (χ0) is 14.5. The lowest BCUT2D eigenvalue weighted by molar-refractivity contribution is -0.120. The maximum atomic E-state index is 13.1. The van der Waals surface area contributed by atoms with Crippen LogP contribution in [0.1, 0.15) is 16.8 Å². The molecule has 0 saturated heterocycles. The molecule has 1 N–H and O–H groups in total. The Labute approximate surface area is 125 Å². The second kappa shape index (κ2) is 6.61. The summed E-state index contributed by atoms with van der Waals surface area (Å²) >= 11 is 3.31. The summed E-state index contributed by atoms with van der Waals surface area (Å²) in [6, 6.07) is 8.10. The molecule has 1 aromatic heterocycles. The Morgan fingerprint density at radius 3 is 2.95 bits per heavy atom. The fourth-order valence-electron chi connectivity index (χ4n) is 1.80. The number of carbonyl (C=O) groups is 1. The summed E-state index contributed by atoms with van der Waals surface area (Å²) in [6.07, 6.45) is 1.82. The van der Waals surface area contributed by atoms with Crippen LogP contribution in [0.25, 0.3) is 0 Å². The Kier molecular flexibility index (Phi) is 4.84. The van der Waals surface area contributed by atoms with Crippen LogP contribution in [0, 0.1) is 12.7 Å². The van der Waals surface area contributed by atoms with Crippen LogP contribution in [0.5, 0.6) is 0 Å². The first kappa shape index (κ1) is 14.7. The predicted octanol–water partition coefficient (Wildman–Crippen LogP) is 3.15. The highest BCUT2D eigenvalue weighted by Gasteiger charge is 2.08. The molecule has 3 nitrogen and oxygen atoms in total. The lowest BCUT2D eigenvalue weighted by Gasteiger charge is -2.08. The Morgan fingerprint density at radius 2 is 2.20 bits per heavy atom. The van der Waals surface area contributed by atoms with Crippen LogP contribution in [-0.4, -0.2) is 10.9 Å². The molecule has 0 spiro atoms. The number of benzene rings is 1. The highest BCUT2D eigenvalue weighted by atomic mass is 79.9. The quantitative estimate of drug-likeness (QED) is 0.931. The maximum absolute atomic E-state index is 13.1. The van der Waals surface area contributed by atoms with Crippen LogP contribution in [0.3, 0.4) is 0 Å². The topological polar surface area (TPSA) is 42.0 Å². The Bertz CT molecular complexity index is 631. The van der Waals surface area contributed by atoms with Gasteiger partial charge in [-0.1, -0.05) is 22.0 Å². The van der Waals surface area contributed by atoms with Crippen molar-refractivity contribution in [3.63, 3.8) is 0 Å². The van der Waals surface area contributed by atoms with Crippen molar-refractivity contribution in [1.82, 2.24) is 10.3 Å². The summed E-state index contributed by atoms with van der Waals surface area (Å²) in [5, 5.41) is 2.79. The zero-order valence-corrected chi connectivity index (χ0v) is 12.6. The van der Waals surface area contributed by atoms with E-state index in [0.717, 1.165) is 15.7 Å². The molecular formula is C15H14BrFN2O. The van der Waals surface area contributed by atoms with Crippen LogP contribution in [0.2, 0.25) is 0 Å². The van der Waals surface area contributed by atoms with Crippen LogP contribution >= 0.6 is 15.9 Å². The summed E-state index contributed by atoms with van der Waals surface area (Å²) in [4.78, 5) is 16.1. The fraction of sp³-hybridized carbons (Fsp3) is 0.200. The third-order valence-electron chi connectivity index (χ3n) is 2.93. The van der Waals surface area contributed by atoms with E-state index < -0.39 is 0 Å². The average Bonchev–Trinajstić information content (AvgIpc) is 2.42. The molecular weight excluding hydrogens is 323 g/mol. The molecule has 5 heteroatoms. The Hall–Kier alpha value is -1.75.